The third kappa shape index (κ3) is 9.69. The van der Waals surface area contributed by atoms with Crippen LogP contribution in [0.15, 0.2) is 48.7 Å². The molecule has 0 unspecified atom stereocenters. The van der Waals surface area contributed by atoms with Gasteiger partial charge in [-0.2, -0.15) is 27.1 Å². The summed E-state index contributed by atoms with van der Waals surface area (Å²) in [5.41, 5.74) is 8.42. The van der Waals surface area contributed by atoms with Crippen LogP contribution >= 0.6 is 11.6 Å². The van der Waals surface area contributed by atoms with Gasteiger partial charge in [0.2, 0.25) is 5.91 Å². The van der Waals surface area contributed by atoms with E-state index < -0.39 is 24.7 Å². The van der Waals surface area contributed by atoms with Crippen LogP contribution in [-0.2, 0) is 28.9 Å². The Hall–Kier alpha value is -4.20. The molecule has 0 fully saturated rings. The highest BCUT2D eigenvalue weighted by molar-refractivity contribution is 6.32. The normalized spacial score (nSPS) is 10.9. The predicted molar refractivity (Wildman–Crippen MR) is 125 cm³/mol. The molecule has 0 bridgehead atoms. The second-order valence-corrected chi connectivity index (χ2v) is 7.91. The van der Waals surface area contributed by atoms with E-state index in [1.807, 2.05) is 18.2 Å². The molecule has 0 atom stereocenters. The van der Waals surface area contributed by atoms with Crippen LogP contribution in [0.2, 0.25) is 5.02 Å². The number of carbonyl (C=O) groups excluding carboxylic acids is 2. The number of aliphatic carboxylic acids is 1. The number of hydrogen-bond donors (Lipinski definition) is 4. The number of ether oxygens (including phenoxy) is 1. The second-order valence-electron chi connectivity index (χ2n) is 7.51. The number of aromatic amines is 1. The number of anilines is 1. The van der Waals surface area contributed by atoms with Crippen LogP contribution in [0.1, 0.15) is 27.2 Å². The molecule has 5 N–H and O–H groups in total. The summed E-state index contributed by atoms with van der Waals surface area (Å²) in [5, 5.41) is 16.3. The summed E-state index contributed by atoms with van der Waals surface area (Å²) >= 11 is 5.92. The molecular weight excluding hydrogens is 543 g/mol. The number of H-pyrrole nitrogens is 1. The molecule has 9 nitrogen and oxygen atoms in total. The van der Waals surface area contributed by atoms with E-state index in [1.165, 1.54) is 18.2 Å². The van der Waals surface area contributed by atoms with E-state index in [2.05, 4.69) is 20.3 Å². The van der Waals surface area contributed by atoms with Crippen LogP contribution in [0.3, 0.4) is 0 Å². The van der Waals surface area contributed by atoms with Gasteiger partial charge < -0.3 is 20.9 Å². The van der Waals surface area contributed by atoms with Crippen LogP contribution in [0.4, 0.5) is 27.6 Å². The van der Waals surface area contributed by atoms with Crippen LogP contribution in [0, 0.1) is 0 Å². The Morgan fingerprint density at radius 1 is 1.11 bits per heavy atom. The molecule has 204 valence electrons. The lowest BCUT2D eigenvalue weighted by Gasteiger charge is -2.10. The number of nitrogens with one attached hydrogen (secondary N) is 2. The maximum Gasteiger partial charge on any atom is 0.490 e. The Kier molecular flexibility index (Phi) is 10.6. The van der Waals surface area contributed by atoms with E-state index in [1.54, 1.807) is 12.3 Å². The van der Waals surface area contributed by atoms with Gasteiger partial charge in [0.25, 0.3) is 5.91 Å². The highest BCUT2D eigenvalue weighted by Gasteiger charge is 2.38. The number of aryl methyl sites for hydroxylation is 2. The number of amides is 2. The smallest absolute Gasteiger partial charge is 0.475 e. The molecule has 1 aromatic heterocycles. The number of benzene rings is 2. The van der Waals surface area contributed by atoms with E-state index in [0.717, 1.165) is 11.1 Å². The molecule has 38 heavy (non-hydrogen) atoms. The van der Waals surface area contributed by atoms with E-state index in [0.29, 0.717) is 24.1 Å². The van der Waals surface area contributed by atoms with Crippen molar-refractivity contribution in [3.05, 3.63) is 76.1 Å². The Bertz CT molecular complexity index is 1280. The van der Waals surface area contributed by atoms with Gasteiger partial charge >= 0.3 is 18.8 Å². The number of carboxylic acids is 1. The molecule has 0 spiro atoms. The quantitative estimate of drug-likeness (QED) is 0.285. The Morgan fingerprint density at radius 3 is 2.37 bits per heavy atom. The fourth-order valence-electron chi connectivity index (χ4n) is 3.03. The lowest BCUT2D eigenvalue weighted by Crippen LogP contribution is -2.21. The molecule has 3 rings (SSSR count). The number of nitrogens with zero attached hydrogens (tertiary/aromatic N) is 1. The van der Waals surface area contributed by atoms with E-state index in [-0.39, 0.29) is 28.8 Å². The Morgan fingerprint density at radius 2 is 1.79 bits per heavy atom. The fourth-order valence-corrected chi connectivity index (χ4v) is 3.28. The summed E-state index contributed by atoms with van der Waals surface area (Å²) in [7, 11) is 0. The van der Waals surface area contributed by atoms with Crippen molar-refractivity contribution in [1.82, 2.24) is 10.2 Å². The number of alkyl halides is 5. The van der Waals surface area contributed by atoms with Crippen molar-refractivity contribution in [3.8, 4) is 5.75 Å². The highest BCUT2D eigenvalue weighted by Crippen LogP contribution is 2.27. The van der Waals surface area contributed by atoms with Crippen LogP contribution < -0.4 is 15.8 Å². The molecular formula is C23H20ClF5N4O5. The molecule has 3 aromatic rings. The maximum absolute atomic E-state index is 12.4. The number of carbonyl (C=O) groups is 3. The monoisotopic (exact) mass is 562 g/mol. The van der Waals surface area contributed by atoms with E-state index in [9.17, 15) is 31.5 Å². The van der Waals surface area contributed by atoms with Crippen molar-refractivity contribution in [2.45, 2.75) is 32.1 Å². The molecule has 2 aromatic carbocycles. The van der Waals surface area contributed by atoms with Gasteiger partial charge in [-0.3, -0.25) is 14.7 Å². The standard InChI is InChI=1S/C21H19ClF2N4O3.C2HF3O2/c22-16-9-13(5-7-17(16)31-21(23)24)10-18(29)27-15-3-1-2-12(8-15)4-6-14-11-26-28-19(14)20(25)30;3-2(4,5)1(6)7/h1-3,5,7-9,11,21H,4,6,10H2,(H2,25,30)(H,26,28)(H,27,29);(H,6,7). The van der Waals surface area contributed by atoms with Gasteiger partial charge in [0, 0.05) is 11.3 Å². The fraction of sp³-hybridized carbons (Fsp3) is 0.217. The zero-order chi connectivity index (χ0) is 28.5. The number of carboxylic acid groups (broad SMARTS) is 1. The summed E-state index contributed by atoms with van der Waals surface area (Å²) in [4.78, 5) is 32.6. The van der Waals surface area contributed by atoms with E-state index in [4.69, 9.17) is 27.2 Å². The van der Waals surface area contributed by atoms with Crippen LogP contribution in [0.5, 0.6) is 5.75 Å². The molecule has 0 saturated carbocycles. The van der Waals surface area contributed by atoms with Gasteiger partial charge in [0.05, 0.1) is 17.6 Å². The van der Waals surface area contributed by atoms with Crippen molar-refractivity contribution < 1.29 is 46.2 Å². The summed E-state index contributed by atoms with van der Waals surface area (Å²) in [5.74, 6) is -3.76. The zero-order valence-corrected chi connectivity index (χ0v) is 19.9. The number of aromatic nitrogens is 2. The summed E-state index contributed by atoms with van der Waals surface area (Å²) in [6.07, 6.45) is -2.34. The Balaban J connectivity index is 0.000000638. The first-order valence-electron chi connectivity index (χ1n) is 10.5. The van der Waals surface area contributed by atoms with Gasteiger partial charge in [0.15, 0.2) is 0 Å². The first-order chi connectivity index (χ1) is 17.8. The SMILES string of the molecule is NC(=O)c1[nH]ncc1CCc1cccc(NC(=O)Cc2ccc(OC(F)F)c(Cl)c2)c1.O=C(O)C(F)(F)F. The van der Waals surface area contributed by atoms with Gasteiger partial charge in [-0.1, -0.05) is 29.8 Å². The van der Waals surface area contributed by atoms with Gasteiger partial charge in [-0.15, -0.1) is 0 Å². The van der Waals surface area contributed by atoms with Crippen molar-refractivity contribution >= 4 is 35.1 Å². The molecule has 0 aliphatic rings. The van der Waals surface area contributed by atoms with Crippen molar-refractivity contribution in [1.29, 1.82) is 0 Å². The minimum absolute atomic E-state index is 0.00201. The average Bonchev–Trinajstić information content (AvgIpc) is 3.28. The summed E-state index contributed by atoms with van der Waals surface area (Å²) in [6.45, 7) is -2.98. The lowest BCUT2D eigenvalue weighted by atomic mass is 10.0. The number of hydrogen-bond acceptors (Lipinski definition) is 5. The van der Waals surface area contributed by atoms with Crippen LogP contribution in [0.25, 0.3) is 0 Å². The molecule has 2 amide bonds. The average molecular weight is 563 g/mol. The van der Waals surface area contributed by atoms with Gasteiger partial charge in [-0.25, -0.2) is 4.79 Å². The Labute approximate surface area is 216 Å². The molecule has 15 heteroatoms. The third-order valence-corrected chi connectivity index (χ3v) is 4.97. The van der Waals surface area contributed by atoms with E-state index >= 15 is 0 Å². The number of nitrogens with two attached hydrogens (primary N) is 1. The minimum atomic E-state index is -5.08. The molecule has 0 aliphatic heterocycles. The van der Waals surface area contributed by atoms with Crippen molar-refractivity contribution in [3.63, 3.8) is 0 Å². The molecule has 0 radical (unpaired) electrons. The molecule has 0 saturated heterocycles. The van der Waals surface area contributed by atoms with Crippen LogP contribution in [-0.4, -0.2) is 45.9 Å². The topological polar surface area (TPSA) is 147 Å². The summed E-state index contributed by atoms with van der Waals surface area (Å²) in [6, 6.07) is 11.5. The maximum atomic E-state index is 12.4. The van der Waals surface area contributed by atoms with Gasteiger partial charge in [-0.05, 0) is 48.2 Å². The van der Waals surface area contributed by atoms with Gasteiger partial charge in [0.1, 0.15) is 11.4 Å². The van der Waals surface area contributed by atoms with Crippen molar-refractivity contribution in [2.24, 2.45) is 5.73 Å². The second kappa shape index (κ2) is 13.4. The van der Waals surface area contributed by atoms with Crippen molar-refractivity contribution in [2.75, 3.05) is 5.32 Å². The zero-order valence-electron chi connectivity index (χ0n) is 19.2. The highest BCUT2D eigenvalue weighted by atomic mass is 35.5. The number of halogens is 6. The first kappa shape index (κ1) is 30.0. The molecule has 0 aliphatic carbocycles. The number of rotatable bonds is 9. The molecule has 1 heterocycles. The summed E-state index contributed by atoms with van der Waals surface area (Å²) < 4.78 is 60.6. The largest absolute Gasteiger partial charge is 0.490 e. The third-order valence-electron chi connectivity index (χ3n) is 4.68. The first-order valence-corrected chi connectivity index (χ1v) is 10.9. The predicted octanol–water partition coefficient (Wildman–Crippen LogP) is 4.36. The minimum Gasteiger partial charge on any atom is -0.475 e. The lowest BCUT2D eigenvalue weighted by molar-refractivity contribution is -0.192. The number of primary amides is 1.